The Morgan fingerprint density at radius 3 is 1.10 bits per heavy atom. The number of fused-ring (bicyclic) bond motifs is 2. The number of hydrogen-bond acceptors (Lipinski definition) is 33. The number of nitrogens with zero attached hydrogens (tertiary/aromatic N) is 16. The molecule has 0 saturated carbocycles. The molecule has 0 fully saturated rings. The number of H-pyrrole nitrogens is 3. The molecule has 0 bridgehead atoms. The number of aromatic nitrogens is 14. The number of anilines is 5. The van der Waals surface area contributed by atoms with Crippen LogP contribution in [0.25, 0.3) is 22.1 Å². The topological polar surface area (TPSA) is 728 Å². The highest BCUT2D eigenvalue weighted by Crippen LogP contribution is 2.29. The summed E-state index contributed by atoms with van der Waals surface area (Å²) >= 11 is 2.99. The number of amides is 1. The third kappa shape index (κ3) is 40.5. The Bertz CT molecular complexity index is 7280. The quantitative estimate of drug-likeness (QED) is 0.00835. The second kappa shape index (κ2) is 56.5. The molecule has 1 amide bonds. The van der Waals surface area contributed by atoms with Gasteiger partial charge in [-0.05, 0) is 172 Å². The Hall–Kier alpha value is -17.0. The van der Waals surface area contributed by atoms with Gasteiger partial charge in [0.15, 0.2) is 23.3 Å². The van der Waals surface area contributed by atoms with Crippen LogP contribution in [0.5, 0.6) is 0 Å². The van der Waals surface area contributed by atoms with E-state index in [0.717, 1.165) is 75.4 Å². The summed E-state index contributed by atoms with van der Waals surface area (Å²) in [5.74, 6) is -3.84. The first-order valence-corrected chi connectivity index (χ1v) is 45.7. The molecule has 12 aromatic rings. The molecule has 0 atom stereocenters. The van der Waals surface area contributed by atoms with E-state index >= 15 is 0 Å². The van der Waals surface area contributed by atoms with Crippen molar-refractivity contribution in [3.63, 3.8) is 0 Å². The Kier molecular flexibility index (Phi) is 47.8. The highest BCUT2D eigenvalue weighted by atomic mass is 79.9. The molecule has 12 aromatic heterocycles. The van der Waals surface area contributed by atoms with Gasteiger partial charge in [0.1, 0.15) is 64.5 Å². The Balaban J connectivity index is 0.000000444. The predicted octanol–water partition coefficient (Wildman–Crippen LogP) is 13.3. The molecule has 0 saturated heterocycles. The van der Waals surface area contributed by atoms with E-state index in [-0.39, 0.29) is 94.9 Å². The zero-order valence-electron chi connectivity index (χ0n) is 84.8. The van der Waals surface area contributed by atoms with E-state index in [1.807, 2.05) is 69.2 Å². The van der Waals surface area contributed by atoms with E-state index in [4.69, 9.17) is 47.4 Å². The molecule has 0 unspecified atom stereocenters. The number of pyridine rings is 10. The molecule has 806 valence electrons. The van der Waals surface area contributed by atoms with E-state index < -0.39 is 147 Å². The molecule has 0 aliphatic carbocycles. The lowest BCUT2D eigenvalue weighted by Gasteiger charge is -2.19. The molecule has 49 nitrogen and oxygen atoms in total. The number of imidazole rings is 2. The van der Waals surface area contributed by atoms with Crippen molar-refractivity contribution in [1.29, 1.82) is 0 Å². The monoisotopic (exact) mass is 2150 g/mol. The number of nitro groups is 5. The van der Waals surface area contributed by atoms with Crippen LogP contribution in [-0.2, 0) is 91.9 Å². The molecule has 0 aliphatic heterocycles. The molecular weight excluding hydrogens is 2030 g/mol. The fraction of sp³-hybridized carbons (Fsp3) is 0.400. The molecule has 0 radical (unpaired) electrons. The number of esters is 2. The summed E-state index contributed by atoms with van der Waals surface area (Å²) in [6, 6.07) is 7.49. The molecule has 12 rings (SSSR count). The Morgan fingerprint density at radius 1 is 0.443 bits per heavy atom. The van der Waals surface area contributed by atoms with E-state index in [1.165, 1.54) is 64.5 Å². The third-order valence-corrected chi connectivity index (χ3v) is 19.3. The molecule has 54 heteroatoms. The van der Waals surface area contributed by atoms with Crippen LogP contribution in [0.15, 0.2) is 127 Å². The van der Waals surface area contributed by atoms with Gasteiger partial charge in [0, 0.05) is 74.4 Å². The first kappa shape index (κ1) is 126. The summed E-state index contributed by atoms with van der Waals surface area (Å²) in [6.07, 6.45) is 15.6. The van der Waals surface area contributed by atoms with Crippen LogP contribution in [0.3, 0.4) is 0 Å². The Morgan fingerprint density at radius 2 is 0.752 bits per heavy atom. The smallest absolute Gasteiger partial charge is 0.334 e. The lowest BCUT2D eigenvalue weighted by molar-refractivity contribution is -0.386. The molecule has 14 N–H and O–H groups in total. The minimum absolute atomic E-state index is 0. The number of nitrogen functional groups attached to an aromatic ring is 4. The fourth-order valence-electron chi connectivity index (χ4n) is 13.1. The van der Waals surface area contributed by atoms with Gasteiger partial charge in [-0.3, -0.25) is 137 Å². The molecule has 0 aromatic carbocycles. The maximum atomic E-state index is 14.1. The number of carbonyl (C=O) groups is 5. The van der Waals surface area contributed by atoms with Crippen molar-refractivity contribution in [3.05, 3.63) is 302 Å². The number of carboxylic acid groups (broad SMARTS) is 2. The summed E-state index contributed by atoms with van der Waals surface area (Å²) in [6.45, 7) is 36.5. The van der Waals surface area contributed by atoms with Crippen LogP contribution < -0.4 is 61.6 Å². The van der Waals surface area contributed by atoms with Crippen molar-refractivity contribution in [2.75, 3.05) is 33.6 Å². The predicted molar refractivity (Wildman–Crippen MR) is 550 cm³/mol. The van der Waals surface area contributed by atoms with Gasteiger partial charge in [0.2, 0.25) is 5.91 Å². The van der Waals surface area contributed by atoms with Crippen LogP contribution in [0, 0.1) is 139 Å². The highest BCUT2D eigenvalue weighted by Gasteiger charge is 2.27. The van der Waals surface area contributed by atoms with E-state index in [0.29, 0.717) is 98.2 Å². The van der Waals surface area contributed by atoms with Gasteiger partial charge in [-0.15, -0.1) is 0 Å². The van der Waals surface area contributed by atoms with Crippen LogP contribution in [0.4, 0.5) is 74.4 Å². The summed E-state index contributed by atoms with van der Waals surface area (Å²) < 4.78 is 70.3. The van der Waals surface area contributed by atoms with Gasteiger partial charge >= 0.3 is 74.1 Å². The standard InChI is InChI=1S/C17H20FN5O4.C17H18FN5O3.C17H20FN5O.C12H16N2O5.C9H14FN3.C8H8N2O5.C6H11BrO2.C6H6N2O3.C2H4O2.CH4/c1-9(2)4-12-15(19)16(11(18)6-20-12)21-14(24)8-22-7-10(3)5-13(17(22)25)23(26)27;1-9(2)4-12-16-15(11(18)6-19-12)20-14(21-16)8-22-7-10(3)5-13(17(22)24)23(25)26;1-9(2)4-13-16-15(11(18)6-20-13)21-14(22-16)8-23-7-10(3)5-12(19)17(23)24;1-8-5-9(14(17)18)11(16)13(6-8)7-10(15)19-12(2,3)4;1-5(2)3-7-9(12)8(11)6(10)4-13-7;1-5-2-6(10(14)15)8(13)9(3-5)4-7(11)12;1-6(2,3)9-5(8)4-7;1-4-2-5(8(10)11)6(9)7-3-4;1-2(3)4;/h5-7,9H,4,8,19H2,1-3H3,(H,20,21,24);5-7,9H,4,8H2,1-3H3,(H,20,21);5-7,9H,4,8,19H2,1-3H3,(H,21,22);5-6H,7H2,1-4H3;4-5H,3,12H2,1-2H3,(H2,11,13);2-3H,4H2,1H3,(H,11,12);4H2,1-3H3;2-3H,1H3,(H,7,9);1H3,(H,3,4);1H4. The number of aliphatic carboxylic acids is 2. The van der Waals surface area contributed by atoms with Crippen molar-refractivity contribution in [2.24, 2.45) is 23.7 Å². The second-order valence-corrected chi connectivity index (χ2v) is 37.3. The van der Waals surface area contributed by atoms with Crippen molar-refractivity contribution >= 4 is 125 Å². The molecule has 12 heterocycles. The highest BCUT2D eigenvalue weighted by molar-refractivity contribution is 9.09. The number of alkyl halides is 1. The number of aromatic amines is 3. The average Bonchev–Trinajstić information content (AvgIpc) is 1.67. The maximum Gasteiger partial charge on any atom is 0.334 e. The van der Waals surface area contributed by atoms with Crippen LogP contribution in [0.1, 0.15) is 179 Å². The number of aryl methyl sites for hydroxylation is 6. The normalized spacial score (nSPS) is 10.7. The number of nitrogens with one attached hydrogen (secondary N) is 4. The van der Waals surface area contributed by atoms with E-state index in [9.17, 15) is 116 Å². The lowest BCUT2D eigenvalue weighted by atomic mass is 10.1. The first-order chi connectivity index (χ1) is 68.5. The number of hydrogen-bond donors (Lipinski definition) is 10. The number of rotatable bonds is 25. The number of ether oxygens (including phenoxy) is 2. The second-order valence-electron chi connectivity index (χ2n) is 36.7. The summed E-state index contributed by atoms with van der Waals surface area (Å²) in [5, 5.41) is 71.8. The minimum atomic E-state index is -1.23. The van der Waals surface area contributed by atoms with Gasteiger partial charge < -0.3 is 72.0 Å². The SMILES string of the molecule is C.CC(=O)O.CC(C)(C)OC(=O)CBr.CC(C)Cc1ncc(F)c(N)c1N.Cc1c[nH]c(=O)c([N+](=O)[O-])c1.Cc1cc(N)c(=O)n(Cc2nc3c(F)cnc(CC(C)C)c3[nH]2)c1.Cc1cc([N+](=O)[O-])c(=O)n(CC(=O)Nc2c(F)cnc(CC(C)C)c2N)c1.Cc1cc([N+](=O)[O-])c(=O)n(CC(=O)O)c1.Cc1cc([N+](=O)[O-])c(=O)n(CC(=O)OC(C)(C)C)c1.Cc1cc([N+](=O)[O-])c(=O)n(Cc2nc3c(F)cnc(CC(C)C)c3[nH]2)c1. The fourth-order valence-corrected chi connectivity index (χ4v) is 13.2. The maximum absolute atomic E-state index is 14.1. The third-order valence-electron chi connectivity index (χ3n) is 18.8. The number of halogens is 5. The van der Waals surface area contributed by atoms with Crippen LogP contribution in [-0.4, -0.2) is 149 Å². The largest absolute Gasteiger partial charge is 0.481 e. The van der Waals surface area contributed by atoms with Gasteiger partial charge in [-0.25, -0.2) is 27.5 Å². The molecule has 149 heavy (non-hydrogen) atoms. The van der Waals surface area contributed by atoms with Gasteiger partial charge in [0.25, 0.3) is 11.5 Å². The van der Waals surface area contributed by atoms with Crippen molar-refractivity contribution in [2.45, 2.75) is 222 Å². The van der Waals surface area contributed by atoms with Crippen molar-refractivity contribution < 1.29 is 85.8 Å². The summed E-state index contributed by atoms with van der Waals surface area (Å²) in [7, 11) is 0. The Labute approximate surface area is 855 Å². The van der Waals surface area contributed by atoms with Gasteiger partial charge in [0.05, 0.1) is 119 Å². The summed E-state index contributed by atoms with van der Waals surface area (Å²) in [5.41, 5.74) is 22.4. The van der Waals surface area contributed by atoms with Gasteiger partial charge in [-0.2, -0.15) is 0 Å². The van der Waals surface area contributed by atoms with E-state index in [1.54, 1.807) is 67.7 Å². The van der Waals surface area contributed by atoms with Crippen LogP contribution >= 0.6 is 15.9 Å². The van der Waals surface area contributed by atoms with Crippen molar-refractivity contribution in [1.82, 2.24) is 67.7 Å². The number of nitrogens with two attached hydrogens (primary N) is 4. The van der Waals surface area contributed by atoms with E-state index in [2.05, 4.69) is 80.0 Å². The van der Waals surface area contributed by atoms with Gasteiger partial charge in [-0.1, -0.05) is 78.7 Å². The zero-order chi connectivity index (χ0) is 113. The average molecular weight is 2160 g/mol. The zero-order valence-corrected chi connectivity index (χ0v) is 86.3. The lowest BCUT2D eigenvalue weighted by Crippen LogP contribution is -2.31. The number of carboxylic acids is 2. The first-order valence-electron chi connectivity index (χ1n) is 44.6. The number of carbonyl (C=O) groups excluding carboxylic acids is 3. The molecular formula is C95H121BrF4N24O25. The van der Waals surface area contributed by atoms with Crippen LogP contribution in [0.2, 0.25) is 0 Å². The minimum Gasteiger partial charge on any atom is -0.481 e. The summed E-state index contributed by atoms with van der Waals surface area (Å²) in [4.78, 5) is 207. The van der Waals surface area contributed by atoms with Crippen molar-refractivity contribution in [3.8, 4) is 0 Å². The molecule has 0 spiro atoms. The molecule has 0 aliphatic rings.